The number of aliphatic hydroxyl groups is 2. The van der Waals surface area contributed by atoms with E-state index in [1.165, 1.54) is 32.1 Å². The molecule has 2 N–H and O–H groups in total. The maximum absolute atomic E-state index is 13.3. The molecular weight excluding hydrogens is 384 g/mol. The first kappa shape index (κ1) is 23.7. The number of hydrogen-bond acceptors (Lipinski definition) is 3. The van der Waals surface area contributed by atoms with Gasteiger partial charge in [-0.25, -0.2) is 0 Å². The second kappa shape index (κ2) is 8.12. The minimum absolute atomic E-state index is 0.0292. The first-order valence-corrected chi connectivity index (χ1v) is 13.4. The molecule has 3 heteroatoms. The SMILES string of the molecule is CC(C)[C@@H](C)CC[C@@H](C)[C@H]1CC[C@H]2[C@@H]3CC(=O)[C@@]4(O)C[C@@H](O)CC[C@]4(C)[C@H]3CC[C@]12C. The van der Waals surface area contributed by atoms with Crippen molar-refractivity contribution < 1.29 is 15.0 Å². The highest BCUT2D eigenvalue weighted by Gasteiger charge is 2.67. The second-order valence-electron chi connectivity index (χ2n) is 13.2. The van der Waals surface area contributed by atoms with Crippen LogP contribution in [0.1, 0.15) is 106 Å². The van der Waals surface area contributed by atoms with E-state index in [4.69, 9.17) is 0 Å². The minimum Gasteiger partial charge on any atom is -0.393 e. The van der Waals surface area contributed by atoms with E-state index in [-0.39, 0.29) is 17.6 Å². The fraction of sp³-hybridized carbons (Fsp3) is 0.964. The van der Waals surface area contributed by atoms with Gasteiger partial charge in [0.25, 0.3) is 0 Å². The largest absolute Gasteiger partial charge is 0.393 e. The number of Topliss-reactive ketones (excluding diaryl/α,β-unsaturated/α-hetero) is 1. The van der Waals surface area contributed by atoms with Gasteiger partial charge in [0.15, 0.2) is 5.78 Å². The average Bonchev–Trinajstić information content (AvgIpc) is 3.05. The molecule has 4 aliphatic carbocycles. The minimum atomic E-state index is -1.31. The molecule has 4 rings (SSSR count). The summed E-state index contributed by atoms with van der Waals surface area (Å²) in [5.74, 6) is 4.59. The normalized spacial score (nSPS) is 49.3. The van der Waals surface area contributed by atoms with Crippen molar-refractivity contribution in [1.82, 2.24) is 0 Å². The predicted octanol–water partition coefficient (Wildman–Crippen LogP) is 6.01. The molecule has 0 amide bonds. The smallest absolute Gasteiger partial charge is 0.165 e. The summed E-state index contributed by atoms with van der Waals surface area (Å²) < 4.78 is 0. The van der Waals surface area contributed by atoms with Gasteiger partial charge in [-0.05, 0) is 85.4 Å². The summed E-state index contributed by atoms with van der Waals surface area (Å²) >= 11 is 0. The average molecular weight is 433 g/mol. The van der Waals surface area contributed by atoms with E-state index in [1.807, 2.05) is 0 Å². The van der Waals surface area contributed by atoms with Gasteiger partial charge in [0, 0.05) is 18.3 Å². The second-order valence-corrected chi connectivity index (χ2v) is 13.2. The molecule has 4 saturated carbocycles. The Labute approximate surface area is 190 Å². The van der Waals surface area contributed by atoms with Gasteiger partial charge < -0.3 is 10.2 Å². The molecule has 0 saturated heterocycles. The third-order valence-electron chi connectivity index (χ3n) is 11.6. The highest BCUT2D eigenvalue weighted by Crippen LogP contribution is 2.68. The van der Waals surface area contributed by atoms with E-state index in [0.29, 0.717) is 29.6 Å². The lowest BCUT2D eigenvalue weighted by Crippen LogP contribution is -2.67. The van der Waals surface area contributed by atoms with Crippen molar-refractivity contribution in [2.24, 2.45) is 52.3 Å². The van der Waals surface area contributed by atoms with E-state index in [2.05, 4.69) is 41.5 Å². The van der Waals surface area contributed by atoms with Gasteiger partial charge in [0.1, 0.15) is 5.60 Å². The van der Waals surface area contributed by atoms with E-state index < -0.39 is 11.7 Å². The molecule has 0 unspecified atom stereocenters. The first-order chi connectivity index (χ1) is 14.4. The van der Waals surface area contributed by atoms with Crippen LogP contribution in [0.3, 0.4) is 0 Å². The van der Waals surface area contributed by atoms with Crippen LogP contribution >= 0.6 is 0 Å². The van der Waals surface area contributed by atoms with Crippen molar-refractivity contribution in [2.75, 3.05) is 0 Å². The maximum atomic E-state index is 13.3. The van der Waals surface area contributed by atoms with Crippen molar-refractivity contribution in [2.45, 2.75) is 117 Å². The van der Waals surface area contributed by atoms with E-state index >= 15 is 0 Å². The summed E-state index contributed by atoms with van der Waals surface area (Å²) in [5.41, 5.74) is -1.32. The van der Waals surface area contributed by atoms with Crippen LogP contribution in [0.2, 0.25) is 0 Å². The molecule has 0 aromatic rings. The van der Waals surface area contributed by atoms with Gasteiger partial charge >= 0.3 is 0 Å². The summed E-state index contributed by atoms with van der Waals surface area (Å²) in [6.45, 7) is 14.3. The van der Waals surface area contributed by atoms with Crippen LogP contribution in [0.5, 0.6) is 0 Å². The van der Waals surface area contributed by atoms with Gasteiger partial charge in [-0.15, -0.1) is 0 Å². The number of rotatable bonds is 5. The van der Waals surface area contributed by atoms with Gasteiger partial charge in [-0.2, -0.15) is 0 Å². The lowest BCUT2D eigenvalue weighted by Gasteiger charge is -2.63. The lowest BCUT2D eigenvalue weighted by atomic mass is 9.42. The summed E-state index contributed by atoms with van der Waals surface area (Å²) in [6.07, 6.45) is 9.39. The summed E-state index contributed by atoms with van der Waals surface area (Å²) in [5, 5.41) is 21.8. The van der Waals surface area contributed by atoms with Crippen molar-refractivity contribution in [3.05, 3.63) is 0 Å². The zero-order valence-electron chi connectivity index (χ0n) is 21.0. The lowest BCUT2D eigenvalue weighted by molar-refractivity contribution is -0.213. The quantitative estimate of drug-likeness (QED) is 0.559. The molecule has 0 radical (unpaired) electrons. The number of hydrogen-bond donors (Lipinski definition) is 2. The Morgan fingerprint density at radius 2 is 1.68 bits per heavy atom. The number of fused-ring (bicyclic) bond motifs is 5. The summed E-state index contributed by atoms with van der Waals surface area (Å²) in [7, 11) is 0. The number of ketones is 1. The van der Waals surface area contributed by atoms with Gasteiger partial charge in [-0.3, -0.25) is 4.79 Å². The number of aliphatic hydroxyl groups excluding tert-OH is 1. The Kier molecular flexibility index (Phi) is 6.21. The molecule has 10 atom stereocenters. The van der Waals surface area contributed by atoms with Gasteiger partial charge in [0.05, 0.1) is 6.10 Å². The van der Waals surface area contributed by atoms with E-state index in [0.717, 1.165) is 42.9 Å². The Morgan fingerprint density at radius 1 is 0.968 bits per heavy atom. The highest BCUT2D eigenvalue weighted by atomic mass is 16.3. The topological polar surface area (TPSA) is 57.5 Å². The number of carbonyl (C=O) groups excluding carboxylic acids is 1. The molecule has 0 aromatic heterocycles. The maximum Gasteiger partial charge on any atom is 0.165 e. The monoisotopic (exact) mass is 432 g/mol. The van der Waals surface area contributed by atoms with Crippen LogP contribution < -0.4 is 0 Å². The van der Waals surface area contributed by atoms with E-state index in [1.54, 1.807) is 0 Å². The van der Waals surface area contributed by atoms with Crippen molar-refractivity contribution in [3.8, 4) is 0 Å². The standard InChI is InChI=1S/C28H48O3/c1-17(2)18(3)7-8-19(4)22-9-10-23-21-15-25(30)28(31)16-20(29)11-14-27(28,6)24(21)12-13-26(22,23)5/h17-24,29,31H,7-16H2,1-6H3/t18-,19+,20-,21-,22+,23-,24-,26+,27+,28-/m0/s1. The summed E-state index contributed by atoms with van der Waals surface area (Å²) in [4.78, 5) is 13.3. The highest BCUT2D eigenvalue weighted by molar-refractivity contribution is 5.89. The zero-order valence-corrected chi connectivity index (χ0v) is 21.0. The van der Waals surface area contributed by atoms with Crippen molar-refractivity contribution >= 4 is 5.78 Å². The van der Waals surface area contributed by atoms with Crippen LogP contribution in [0.25, 0.3) is 0 Å². The molecule has 31 heavy (non-hydrogen) atoms. The van der Waals surface area contributed by atoms with Gasteiger partial charge in [-0.1, -0.05) is 54.4 Å². The number of carbonyl (C=O) groups is 1. The molecule has 0 spiro atoms. The Balaban J connectivity index is 1.53. The van der Waals surface area contributed by atoms with Crippen molar-refractivity contribution in [3.63, 3.8) is 0 Å². The molecule has 4 fully saturated rings. The molecule has 0 aliphatic heterocycles. The van der Waals surface area contributed by atoms with Crippen LogP contribution in [0.4, 0.5) is 0 Å². The zero-order chi connectivity index (χ0) is 22.8. The van der Waals surface area contributed by atoms with Crippen LogP contribution in [0.15, 0.2) is 0 Å². The third kappa shape index (κ3) is 3.56. The molecule has 178 valence electrons. The van der Waals surface area contributed by atoms with Gasteiger partial charge in [0.2, 0.25) is 0 Å². The summed E-state index contributed by atoms with van der Waals surface area (Å²) in [6, 6.07) is 0. The van der Waals surface area contributed by atoms with Crippen LogP contribution in [-0.2, 0) is 4.79 Å². The molecule has 0 bridgehead atoms. The fourth-order valence-electron chi connectivity index (χ4n) is 9.06. The Bertz CT molecular complexity index is 688. The van der Waals surface area contributed by atoms with E-state index in [9.17, 15) is 15.0 Å². The third-order valence-corrected chi connectivity index (χ3v) is 11.6. The predicted molar refractivity (Wildman–Crippen MR) is 125 cm³/mol. The molecule has 4 aliphatic rings. The molecule has 0 aromatic carbocycles. The fourth-order valence-corrected chi connectivity index (χ4v) is 9.06. The van der Waals surface area contributed by atoms with Crippen LogP contribution in [-0.4, -0.2) is 27.7 Å². The Morgan fingerprint density at radius 3 is 2.35 bits per heavy atom. The van der Waals surface area contributed by atoms with Crippen LogP contribution in [0, 0.1) is 52.3 Å². The molecular formula is C28H48O3. The first-order valence-electron chi connectivity index (χ1n) is 13.4. The Hall–Kier alpha value is -0.410. The van der Waals surface area contributed by atoms with Crippen molar-refractivity contribution in [1.29, 1.82) is 0 Å². The molecule has 3 nitrogen and oxygen atoms in total. The molecule has 0 heterocycles.